The van der Waals surface area contributed by atoms with Crippen molar-refractivity contribution in [2.75, 3.05) is 7.05 Å². The summed E-state index contributed by atoms with van der Waals surface area (Å²) in [7, 11) is 1.77. The first-order valence-electron chi connectivity index (χ1n) is 4.80. The molecule has 0 aliphatic rings. The Bertz CT molecular complexity index is 530. The van der Waals surface area contributed by atoms with Gasteiger partial charge < -0.3 is 0 Å². The summed E-state index contributed by atoms with van der Waals surface area (Å²) in [5.41, 5.74) is 2.90. The molecule has 0 atom stereocenters. The lowest BCUT2D eigenvalue weighted by molar-refractivity contribution is 0.872. The number of hydrogen-bond donors (Lipinski definition) is 0. The van der Waals surface area contributed by atoms with Crippen LogP contribution >= 0.6 is 15.9 Å². The summed E-state index contributed by atoms with van der Waals surface area (Å²) in [6, 6.07) is 1.96. The molecule has 0 aromatic carbocycles. The first-order valence-corrected chi connectivity index (χ1v) is 5.59. The van der Waals surface area contributed by atoms with Gasteiger partial charge in [-0.3, -0.25) is 9.98 Å². The highest BCUT2D eigenvalue weighted by molar-refractivity contribution is 9.10. The quantitative estimate of drug-likeness (QED) is 0.792. The third-order valence-electron chi connectivity index (χ3n) is 2.29. The molecule has 0 unspecified atom stereocenters. The van der Waals surface area contributed by atoms with Crippen LogP contribution in [0.1, 0.15) is 12.5 Å². The molecular weight excluding hydrogens is 268 g/mol. The lowest BCUT2D eigenvalue weighted by Gasteiger charge is -2.00. The Hall–Kier alpha value is -1.49. The first kappa shape index (κ1) is 11.0. The van der Waals surface area contributed by atoms with E-state index in [0.717, 1.165) is 21.4 Å². The minimum absolute atomic E-state index is 0.921. The molecule has 82 valence electrons. The third kappa shape index (κ3) is 2.19. The number of nitrogens with zero attached hydrogens (tertiary/aromatic N) is 4. The zero-order valence-corrected chi connectivity index (χ0v) is 10.6. The standard InChI is InChI=1S/C11H11BrN4/c1-8(13-2)9-4-15-16(7-9)11-3-10(12)5-14-6-11/h3-7H,1-2H3. The molecule has 16 heavy (non-hydrogen) atoms. The summed E-state index contributed by atoms with van der Waals surface area (Å²) < 4.78 is 2.71. The first-order chi connectivity index (χ1) is 7.70. The van der Waals surface area contributed by atoms with Crippen LogP contribution in [0.4, 0.5) is 0 Å². The van der Waals surface area contributed by atoms with Gasteiger partial charge in [-0.25, -0.2) is 4.68 Å². The summed E-state index contributed by atoms with van der Waals surface area (Å²) in [5, 5.41) is 4.27. The third-order valence-corrected chi connectivity index (χ3v) is 2.72. The van der Waals surface area contributed by atoms with Crippen molar-refractivity contribution in [3.63, 3.8) is 0 Å². The van der Waals surface area contributed by atoms with Crippen LogP contribution in [0.5, 0.6) is 0 Å². The number of pyridine rings is 1. The van der Waals surface area contributed by atoms with E-state index in [4.69, 9.17) is 0 Å². The zero-order valence-electron chi connectivity index (χ0n) is 9.05. The summed E-state index contributed by atoms with van der Waals surface area (Å²) in [5.74, 6) is 0. The molecule has 0 fully saturated rings. The van der Waals surface area contributed by atoms with Gasteiger partial charge in [0.1, 0.15) is 0 Å². The Morgan fingerprint density at radius 3 is 2.88 bits per heavy atom. The number of hydrogen-bond acceptors (Lipinski definition) is 3. The highest BCUT2D eigenvalue weighted by Crippen LogP contribution is 2.13. The van der Waals surface area contributed by atoms with Crippen molar-refractivity contribution in [2.24, 2.45) is 4.99 Å². The summed E-state index contributed by atoms with van der Waals surface area (Å²) in [4.78, 5) is 8.22. The predicted molar refractivity (Wildman–Crippen MR) is 67.2 cm³/mol. The smallest absolute Gasteiger partial charge is 0.0840 e. The fourth-order valence-corrected chi connectivity index (χ4v) is 1.66. The van der Waals surface area contributed by atoms with Gasteiger partial charge >= 0.3 is 0 Å². The van der Waals surface area contributed by atoms with Gasteiger partial charge in [0.2, 0.25) is 0 Å². The second-order valence-electron chi connectivity index (χ2n) is 3.34. The van der Waals surface area contributed by atoms with E-state index in [1.54, 1.807) is 30.3 Å². The monoisotopic (exact) mass is 278 g/mol. The maximum atomic E-state index is 4.27. The lowest BCUT2D eigenvalue weighted by atomic mass is 10.2. The van der Waals surface area contributed by atoms with E-state index in [-0.39, 0.29) is 0 Å². The maximum Gasteiger partial charge on any atom is 0.0840 e. The van der Waals surface area contributed by atoms with Crippen LogP contribution in [0.2, 0.25) is 0 Å². The van der Waals surface area contributed by atoms with Gasteiger partial charge in [-0.1, -0.05) is 0 Å². The van der Waals surface area contributed by atoms with E-state index in [1.807, 2.05) is 19.2 Å². The fraction of sp³-hybridized carbons (Fsp3) is 0.182. The van der Waals surface area contributed by atoms with E-state index in [9.17, 15) is 0 Å². The molecule has 0 saturated heterocycles. The normalized spacial score (nSPS) is 11.8. The molecule has 2 aromatic heterocycles. The highest BCUT2D eigenvalue weighted by Gasteiger charge is 2.03. The molecular formula is C11H11BrN4. The molecule has 2 aromatic rings. The molecule has 0 aliphatic heterocycles. The molecule has 4 nitrogen and oxygen atoms in total. The summed E-state index contributed by atoms with van der Waals surface area (Å²) in [6.07, 6.45) is 7.24. The fourth-order valence-electron chi connectivity index (χ4n) is 1.31. The molecule has 5 heteroatoms. The van der Waals surface area contributed by atoms with E-state index >= 15 is 0 Å². The van der Waals surface area contributed by atoms with Crippen LogP contribution in [-0.2, 0) is 0 Å². The molecule has 2 heterocycles. The van der Waals surface area contributed by atoms with E-state index in [0.29, 0.717) is 0 Å². The zero-order chi connectivity index (χ0) is 11.5. The van der Waals surface area contributed by atoms with Crippen LogP contribution in [0.25, 0.3) is 5.69 Å². The minimum Gasteiger partial charge on any atom is -0.293 e. The molecule has 0 N–H and O–H groups in total. The lowest BCUT2D eigenvalue weighted by Crippen LogP contribution is -1.95. The van der Waals surface area contributed by atoms with Crippen LogP contribution < -0.4 is 0 Å². The van der Waals surface area contributed by atoms with Crippen molar-refractivity contribution in [1.29, 1.82) is 0 Å². The van der Waals surface area contributed by atoms with Gasteiger partial charge in [0.25, 0.3) is 0 Å². The number of halogens is 1. The summed E-state index contributed by atoms with van der Waals surface area (Å²) >= 11 is 3.38. The van der Waals surface area contributed by atoms with E-state index in [1.165, 1.54) is 0 Å². The Morgan fingerprint density at radius 1 is 1.38 bits per heavy atom. The van der Waals surface area contributed by atoms with Gasteiger partial charge in [-0.05, 0) is 28.9 Å². The Morgan fingerprint density at radius 2 is 2.19 bits per heavy atom. The second kappa shape index (κ2) is 4.57. The molecule has 0 aliphatic carbocycles. The van der Waals surface area contributed by atoms with Gasteiger partial charge in [-0.15, -0.1) is 0 Å². The van der Waals surface area contributed by atoms with Gasteiger partial charge in [0.05, 0.1) is 18.1 Å². The Balaban J connectivity index is 2.39. The molecule has 2 rings (SSSR count). The predicted octanol–water partition coefficient (Wildman–Crippen LogP) is 2.47. The van der Waals surface area contributed by atoms with Crippen LogP contribution in [0.3, 0.4) is 0 Å². The SMILES string of the molecule is CN=C(C)c1cnn(-c2cncc(Br)c2)c1. The summed E-state index contributed by atoms with van der Waals surface area (Å²) in [6.45, 7) is 1.96. The van der Waals surface area contributed by atoms with Crippen LogP contribution in [0, 0.1) is 0 Å². The van der Waals surface area contributed by atoms with Crippen molar-refractivity contribution >= 4 is 21.6 Å². The molecule has 0 saturated carbocycles. The number of rotatable bonds is 2. The maximum absolute atomic E-state index is 4.27. The molecule has 0 amide bonds. The average Bonchev–Trinajstić information content (AvgIpc) is 2.77. The van der Waals surface area contributed by atoms with E-state index in [2.05, 4.69) is 31.0 Å². The molecule has 0 radical (unpaired) electrons. The average molecular weight is 279 g/mol. The van der Waals surface area contributed by atoms with Crippen LogP contribution in [0.15, 0.2) is 40.3 Å². The van der Waals surface area contributed by atoms with Crippen molar-refractivity contribution < 1.29 is 0 Å². The van der Waals surface area contributed by atoms with Crippen molar-refractivity contribution in [3.05, 3.63) is 40.9 Å². The number of aromatic nitrogens is 3. The van der Waals surface area contributed by atoms with Crippen LogP contribution in [-0.4, -0.2) is 27.5 Å². The van der Waals surface area contributed by atoms with Crippen molar-refractivity contribution in [2.45, 2.75) is 6.92 Å². The molecule has 0 spiro atoms. The van der Waals surface area contributed by atoms with E-state index < -0.39 is 0 Å². The highest BCUT2D eigenvalue weighted by atomic mass is 79.9. The molecule has 0 bridgehead atoms. The largest absolute Gasteiger partial charge is 0.293 e. The topological polar surface area (TPSA) is 43.1 Å². The number of aliphatic imine (C=N–C) groups is 1. The minimum atomic E-state index is 0.921. The Kier molecular flexibility index (Phi) is 3.14. The van der Waals surface area contributed by atoms with Gasteiger partial charge in [-0.2, -0.15) is 5.10 Å². The van der Waals surface area contributed by atoms with Gasteiger partial charge in [0.15, 0.2) is 0 Å². The second-order valence-corrected chi connectivity index (χ2v) is 4.26. The van der Waals surface area contributed by atoms with Gasteiger partial charge in [0, 0.05) is 35.2 Å². The Labute approximate surface area is 102 Å². The van der Waals surface area contributed by atoms with Crippen molar-refractivity contribution in [1.82, 2.24) is 14.8 Å². The van der Waals surface area contributed by atoms with Crippen molar-refractivity contribution in [3.8, 4) is 5.69 Å².